The molecule has 1 saturated heterocycles. The number of nitrogens with zero attached hydrogens (tertiary/aromatic N) is 3. The summed E-state index contributed by atoms with van der Waals surface area (Å²) in [6, 6.07) is 0. The van der Waals surface area contributed by atoms with Gasteiger partial charge in [-0.25, -0.2) is 4.98 Å². The summed E-state index contributed by atoms with van der Waals surface area (Å²) in [6.07, 6.45) is 2.53. The van der Waals surface area contributed by atoms with Crippen molar-refractivity contribution < 1.29 is 9.59 Å². The first-order valence-electron chi connectivity index (χ1n) is 7.54. The van der Waals surface area contributed by atoms with Crippen LogP contribution in [0.4, 0.5) is 0 Å². The zero-order valence-corrected chi connectivity index (χ0v) is 13.4. The minimum Gasteiger partial charge on any atom is -0.339 e. The van der Waals surface area contributed by atoms with Crippen LogP contribution < -0.4 is 0 Å². The van der Waals surface area contributed by atoms with Crippen molar-refractivity contribution in [2.45, 2.75) is 33.1 Å². The van der Waals surface area contributed by atoms with Gasteiger partial charge >= 0.3 is 0 Å². The van der Waals surface area contributed by atoms with Crippen LogP contribution in [0.2, 0.25) is 0 Å². The largest absolute Gasteiger partial charge is 0.339 e. The Morgan fingerprint density at radius 3 is 2.29 bits per heavy atom. The molecule has 0 aromatic carbocycles. The molecule has 0 unspecified atom stereocenters. The van der Waals surface area contributed by atoms with Crippen LogP contribution in [0.3, 0.4) is 0 Å². The molecular formula is C15H21N3O2S. The molecule has 6 heteroatoms. The second kappa shape index (κ2) is 5.75. The number of carbonyl (C=O) groups excluding carboxylic acids is 2. The standard InChI is InChI=1S/C15H21N3O2S/c1-10-13(21-11(2)16-10)9-14(19)17-5-7-18(8-6-17)15(20)12-3-4-12/h12H,3-9H2,1-2H3. The zero-order valence-electron chi connectivity index (χ0n) is 12.6. The summed E-state index contributed by atoms with van der Waals surface area (Å²) in [5, 5.41) is 1.01. The van der Waals surface area contributed by atoms with E-state index in [0.717, 1.165) is 28.4 Å². The van der Waals surface area contributed by atoms with Gasteiger partial charge in [-0.1, -0.05) is 0 Å². The summed E-state index contributed by atoms with van der Waals surface area (Å²) in [7, 11) is 0. The molecular weight excluding hydrogens is 286 g/mol. The first-order valence-corrected chi connectivity index (χ1v) is 8.35. The predicted octanol–water partition coefficient (Wildman–Crippen LogP) is 1.38. The lowest BCUT2D eigenvalue weighted by molar-refractivity contribution is -0.139. The summed E-state index contributed by atoms with van der Waals surface area (Å²) in [4.78, 5) is 33.6. The monoisotopic (exact) mass is 307 g/mol. The van der Waals surface area contributed by atoms with Gasteiger partial charge in [0.25, 0.3) is 0 Å². The molecule has 0 N–H and O–H groups in total. The molecule has 3 rings (SSSR count). The Kier molecular flexibility index (Phi) is 3.97. The molecule has 2 aliphatic rings. The molecule has 21 heavy (non-hydrogen) atoms. The lowest BCUT2D eigenvalue weighted by atomic mass is 10.2. The maximum absolute atomic E-state index is 12.4. The van der Waals surface area contributed by atoms with Gasteiger partial charge < -0.3 is 9.80 Å². The van der Waals surface area contributed by atoms with E-state index in [2.05, 4.69) is 4.98 Å². The van der Waals surface area contributed by atoms with Gasteiger partial charge in [0.05, 0.1) is 17.1 Å². The third-order valence-corrected chi connectivity index (χ3v) is 5.25. The van der Waals surface area contributed by atoms with Gasteiger partial charge in [0.2, 0.25) is 11.8 Å². The van der Waals surface area contributed by atoms with Gasteiger partial charge in [0, 0.05) is 37.0 Å². The molecule has 0 radical (unpaired) electrons. The fourth-order valence-electron chi connectivity index (χ4n) is 2.75. The van der Waals surface area contributed by atoms with Crippen LogP contribution >= 0.6 is 11.3 Å². The molecule has 1 aliphatic heterocycles. The van der Waals surface area contributed by atoms with Crippen LogP contribution in [0, 0.1) is 19.8 Å². The Labute approximate surface area is 129 Å². The summed E-state index contributed by atoms with van der Waals surface area (Å²) < 4.78 is 0. The van der Waals surface area contributed by atoms with E-state index < -0.39 is 0 Å². The summed E-state index contributed by atoms with van der Waals surface area (Å²) >= 11 is 1.60. The molecule has 2 heterocycles. The highest BCUT2D eigenvalue weighted by Crippen LogP contribution is 2.31. The van der Waals surface area contributed by atoms with Crippen molar-refractivity contribution in [1.29, 1.82) is 0 Å². The number of aryl methyl sites for hydroxylation is 2. The van der Waals surface area contributed by atoms with Crippen molar-refractivity contribution in [2.24, 2.45) is 5.92 Å². The second-order valence-electron chi connectivity index (χ2n) is 5.90. The first-order chi connectivity index (χ1) is 10.0. The van der Waals surface area contributed by atoms with Gasteiger partial charge in [0.15, 0.2) is 0 Å². The van der Waals surface area contributed by atoms with E-state index in [1.807, 2.05) is 23.6 Å². The summed E-state index contributed by atoms with van der Waals surface area (Å²) in [5.74, 6) is 0.714. The van der Waals surface area contributed by atoms with Gasteiger partial charge in [0.1, 0.15) is 0 Å². The highest BCUT2D eigenvalue weighted by molar-refractivity contribution is 7.11. The number of hydrogen-bond acceptors (Lipinski definition) is 4. The number of piperazine rings is 1. The quantitative estimate of drug-likeness (QED) is 0.848. The predicted molar refractivity (Wildman–Crippen MR) is 81.2 cm³/mol. The number of rotatable bonds is 3. The maximum Gasteiger partial charge on any atom is 0.228 e. The van der Waals surface area contributed by atoms with E-state index in [9.17, 15) is 9.59 Å². The second-order valence-corrected chi connectivity index (χ2v) is 7.19. The number of carbonyl (C=O) groups is 2. The van der Waals surface area contributed by atoms with Crippen molar-refractivity contribution >= 4 is 23.2 Å². The highest BCUT2D eigenvalue weighted by atomic mass is 32.1. The lowest BCUT2D eigenvalue weighted by Crippen LogP contribution is -2.51. The Morgan fingerprint density at radius 1 is 1.14 bits per heavy atom. The molecule has 2 amide bonds. The van der Waals surface area contributed by atoms with Crippen LogP contribution in [-0.2, 0) is 16.0 Å². The molecule has 1 saturated carbocycles. The van der Waals surface area contributed by atoms with E-state index in [1.54, 1.807) is 11.3 Å². The van der Waals surface area contributed by atoms with Gasteiger partial charge in [-0.15, -0.1) is 11.3 Å². The summed E-state index contributed by atoms with van der Waals surface area (Å²) in [5.41, 5.74) is 0.966. The average molecular weight is 307 g/mol. The number of amides is 2. The molecule has 114 valence electrons. The van der Waals surface area contributed by atoms with E-state index >= 15 is 0 Å². The van der Waals surface area contributed by atoms with Crippen LogP contribution in [-0.4, -0.2) is 52.8 Å². The Bertz CT molecular complexity index is 557. The number of aromatic nitrogens is 1. The fraction of sp³-hybridized carbons (Fsp3) is 0.667. The van der Waals surface area contributed by atoms with E-state index in [-0.39, 0.29) is 17.7 Å². The molecule has 1 aromatic rings. The van der Waals surface area contributed by atoms with E-state index in [1.165, 1.54) is 0 Å². The van der Waals surface area contributed by atoms with Crippen molar-refractivity contribution in [3.05, 3.63) is 15.6 Å². The molecule has 0 atom stereocenters. The SMILES string of the molecule is Cc1nc(C)c(CC(=O)N2CCN(C(=O)C3CC3)CC2)s1. The van der Waals surface area contributed by atoms with Crippen molar-refractivity contribution in [1.82, 2.24) is 14.8 Å². The first kappa shape index (κ1) is 14.5. The fourth-order valence-corrected chi connectivity index (χ4v) is 3.68. The van der Waals surface area contributed by atoms with Crippen molar-refractivity contribution in [2.75, 3.05) is 26.2 Å². The number of hydrogen-bond donors (Lipinski definition) is 0. The molecule has 0 spiro atoms. The zero-order chi connectivity index (χ0) is 15.0. The summed E-state index contributed by atoms with van der Waals surface area (Å²) in [6.45, 7) is 6.61. The van der Waals surface area contributed by atoms with Gasteiger partial charge in [-0.2, -0.15) is 0 Å². The lowest BCUT2D eigenvalue weighted by Gasteiger charge is -2.35. The Hall–Kier alpha value is -1.43. The third-order valence-electron chi connectivity index (χ3n) is 4.18. The van der Waals surface area contributed by atoms with Crippen LogP contribution in [0.25, 0.3) is 0 Å². The third kappa shape index (κ3) is 3.26. The molecule has 1 aromatic heterocycles. The van der Waals surface area contributed by atoms with E-state index in [0.29, 0.717) is 32.6 Å². The van der Waals surface area contributed by atoms with Gasteiger partial charge in [-0.3, -0.25) is 9.59 Å². The van der Waals surface area contributed by atoms with Crippen LogP contribution in [0.15, 0.2) is 0 Å². The molecule has 1 aliphatic carbocycles. The van der Waals surface area contributed by atoms with Gasteiger partial charge in [-0.05, 0) is 26.7 Å². The highest BCUT2D eigenvalue weighted by Gasteiger charge is 2.35. The smallest absolute Gasteiger partial charge is 0.228 e. The topological polar surface area (TPSA) is 53.5 Å². The maximum atomic E-state index is 12.4. The van der Waals surface area contributed by atoms with Crippen LogP contribution in [0.5, 0.6) is 0 Å². The van der Waals surface area contributed by atoms with Crippen molar-refractivity contribution in [3.8, 4) is 0 Å². The molecule has 5 nitrogen and oxygen atoms in total. The van der Waals surface area contributed by atoms with E-state index in [4.69, 9.17) is 0 Å². The molecule has 0 bridgehead atoms. The minimum atomic E-state index is 0.153. The van der Waals surface area contributed by atoms with Crippen LogP contribution in [0.1, 0.15) is 28.4 Å². The Balaban J connectivity index is 1.52. The minimum absolute atomic E-state index is 0.153. The average Bonchev–Trinajstić information content (AvgIpc) is 3.26. The molecule has 2 fully saturated rings. The van der Waals surface area contributed by atoms with Crippen molar-refractivity contribution in [3.63, 3.8) is 0 Å². The Morgan fingerprint density at radius 2 is 1.76 bits per heavy atom. The normalized spacial score (nSPS) is 19.0. The number of thiazole rings is 1.